The van der Waals surface area contributed by atoms with E-state index in [4.69, 9.17) is 10.5 Å². The first-order valence-corrected chi connectivity index (χ1v) is 5.92. The van der Waals surface area contributed by atoms with Crippen molar-refractivity contribution in [2.24, 2.45) is 5.73 Å². The van der Waals surface area contributed by atoms with Gasteiger partial charge in [-0.3, -0.25) is 0 Å². The van der Waals surface area contributed by atoms with Crippen molar-refractivity contribution in [3.05, 3.63) is 41.9 Å². The van der Waals surface area contributed by atoms with E-state index in [1.54, 1.807) is 7.11 Å². The predicted molar refractivity (Wildman–Crippen MR) is 71.5 cm³/mol. The van der Waals surface area contributed by atoms with Crippen LogP contribution in [-0.2, 0) is 6.42 Å². The Morgan fingerprint density at radius 1 is 1.22 bits per heavy atom. The van der Waals surface area contributed by atoms with Crippen LogP contribution in [0.2, 0.25) is 0 Å². The zero-order valence-corrected chi connectivity index (χ0v) is 10.7. The SMILES string of the molecule is COc1cccc(-c2cc(C)nc(CCN)n2)c1. The van der Waals surface area contributed by atoms with Crippen molar-refractivity contribution in [3.63, 3.8) is 0 Å². The molecule has 2 aromatic rings. The highest BCUT2D eigenvalue weighted by molar-refractivity contribution is 5.61. The van der Waals surface area contributed by atoms with Crippen molar-refractivity contribution in [2.45, 2.75) is 13.3 Å². The number of benzene rings is 1. The minimum Gasteiger partial charge on any atom is -0.497 e. The van der Waals surface area contributed by atoms with Crippen molar-refractivity contribution < 1.29 is 4.74 Å². The van der Waals surface area contributed by atoms with Crippen molar-refractivity contribution >= 4 is 0 Å². The van der Waals surface area contributed by atoms with Crippen LogP contribution in [0, 0.1) is 6.92 Å². The van der Waals surface area contributed by atoms with Gasteiger partial charge in [-0.05, 0) is 31.7 Å². The maximum Gasteiger partial charge on any atom is 0.130 e. The second-order valence-electron chi connectivity index (χ2n) is 4.08. The first kappa shape index (κ1) is 12.5. The van der Waals surface area contributed by atoms with Crippen LogP contribution in [0.5, 0.6) is 5.75 Å². The summed E-state index contributed by atoms with van der Waals surface area (Å²) in [5, 5.41) is 0. The van der Waals surface area contributed by atoms with Crippen LogP contribution in [0.1, 0.15) is 11.5 Å². The molecule has 4 heteroatoms. The highest BCUT2D eigenvalue weighted by Gasteiger charge is 2.05. The fourth-order valence-electron chi connectivity index (χ4n) is 1.80. The van der Waals surface area contributed by atoms with E-state index >= 15 is 0 Å². The summed E-state index contributed by atoms with van der Waals surface area (Å²) in [4.78, 5) is 8.89. The molecule has 0 fully saturated rings. The quantitative estimate of drug-likeness (QED) is 0.891. The molecule has 2 N–H and O–H groups in total. The van der Waals surface area contributed by atoms with Gasteiger partial charge in [-0.2, -0.15) is 0 Å². The zero-order chi connectivity index (χ0) is 13.0. The molecule has 0 saturated carbocycles. The van der Waals surface area contributed by atoms with Gasteiger partial charge in [0, 0.05) is 17.7 Å². The van der Waals surface area contributed by atoms with Gasteiger partial charge >= 0.3 is 0 Å². The molecule has 0 atom stereocenters. The third-order valence-electron chi connectivity index (χ3n) is 2.63. The van der Waals surface area contributed by atoms with E-state index in [1.807, 2.05) is 37.3 Å². The average molecular weight is 243 g/mol. The van der Waals surface area contributed by atoms with Gasteiger partial charge in [-0.25, -0.2) is 9.97 Å². The van der Waals surface area contributed by atoms with Crippen LogP contribution in [0.25, 0.3) is 11.3 Å². The molecule has 2 rings (SSSR count). The number of hydrogen-bond donors (Lipinski definition) is 1. The smallest absolute Gasteiger partial charge is 0.130 e. The molecule has 1 aromatic carbocycles. The molecule has 0 spiro atoms. The van der Waals surface area contributed by atoms with Crippen molar-refractivity contribution in [3.8, 4) is 17.0 Å². The highest BCUT2D eigenvalue weighted by Crippen LogP contribution is 2.22. The molecule has 0 unspecified atom stereocenters. The second-order valence-corrected chi connectivity index (χ2v) is 4.08. The number of nitrogens with two attached hydrogens (primary N) is 1. The molecular formula is C14H17N3O. The fraction of sp³-hybridized carbons (Fsp3) is 0.286. The summed E-state index contributed by atoms with van der Waals surface area (Å²) in [7, 11) is 1.66. The summed E-state index contributed by atoms with van der Waals surface area (Å²) >= 11 is 0. The Balaban J connectivity index is 2.42. The normalized spacial score (nSPS) is 10.4. The van der Waals surface area contributed by atoms with Gasteiger partial charge in [-0.15, -0.1) is 0 Å². The number of nitrogens with zero attached hydrogens (tertiary/aromatic N) is 2. The minimum atomic E-state index is 0.557. The summed E-state index contributed by atoms with van der Waals surface area (Å²) in [6.07, 6.45) is 0.693. The monoisotopic (exact) mass is 243 g/mol. The molecule has 0 amide bonds. The molecule has 0 saturated heterocycles. The van der Waals surface area contributed by atoms with Crippen LogP contribution in [0.3, 0.4) is 0 Å². The molecule has 4 nitrogen and oxygen atoms in total. The number of aromatic nitrogens is 2. The highest BCUT2D eigenvalue weighted by atomic mass is 16.5. The number of ether oxygens (including phenoxy) is 1. The van der Waals surface area contributed by atoms with Crippen molar-refractivity contribution in [1.82, 2.24) is 9.97 Å². The van der Waals surface area contributed by atoms with E-state index in [-0.39, 0.29) is 0 Å². The van der Waals surface area contributed by atoms with E-state index < -0.39 is 0 Å². The van der Waals surface area contributed by atoms with Gasteiger partial charge in [0.05, 0.1) is 12.8 Å². The lowest BCUT2D eigenvalue weighted by molar-refractivity contribution is 0.415. The molecule has 94 valence electrons. The molecule has 0 aliphatic rings. The molecular weight excluding hydrogens is 226 g/mol. The molecule has 18 heavy (non-hydrogen) atoms. The molecule has 0 radical (unpaired) electrons. The van der Waals surface area contributed by atoms with Crippen LogP contribution in [0.15, 0.2) is 30.3 Å². The van der Waals surface area contributed by atoms with E-state index in [2.05, 4.69) is 9.97 Å². The zero-order valence-electron chi connectivity index (χ0n) is 10.7. The average Bonchev–Trinajstić information content (AvgIpc) is 2.38. The first-order valence-electron chi connectivity index (χ1n) is 5.92. The number of rotatable bonds is 4. The van der Waals surface area contributed by atoms with Crippen LogP contribution >= 0.6 is 0 Å². The Kier molecular flexibility index (Phi) is 3.89. The Bertz CT molecular complexity index is 540. The first-order chi connectivity index (χ1) is 8.72. The van der Waals surface area contributed by atoms with E-state index in [9.17, 15) is 0 Å². The van der Waals surface area contributed by atoms with Crippen molar-refractivity contribution in [1.29, 1.82) is 0 Å². The van der Waals surface area contributed by atoms with Gasteiger partial charge in [0.25, 0.3) is 0 Å². The molecule has 0 bridgehead atoms. The summed E-state index contributed by atoms with van der Waals surface area (Å²) in [5.41, 5.74) is 8.43. The lowest BCUT2D eigenvalue weighted by Crippen LogP contribution is -2.07. The fourth-order valence-corrected chi connectivity index (χ4v) is 1.80. The maximum absolute atomic E-state index is 5.55. The topological polar surface area (TPSA) is 61.0 Å². The van der Waals surface area contributed by atoms with Crippen LogP contribution in [-0.4, -0.2) is 23.6 Å². The number of aryl methyl sites for hydroxylation is 1. The van der Waals surface area contributed by atoms with Crippen LogP contribution < -0.4 is 10.5 Å². The van der Waals surface area contributed by atoms with E-state index in [1.165, 1.54) is 0 Å². The molecule has 1 heterocycles. The predicted octanol–water partition coefficient (Wildman–Crippen LogP) is 1.96. The Hall–Kier alpha value is -1.94. The second kappa shape index (κ2) is 5.60. The Morgan fingerprint density at radius 2 is 2.06 bits per heavy atom. The van der Waals surface area contributed by atoms with Gasteiger partial charge in [0.1, 0.15) is 11.6 Å². The van der Waals surface area contributed by atoms with Gasteiger partial charge < -0.3 is 10.5 Å². The van der Waals surface area contributed by atoms with Crippen LogP contribution in [0.4, 0.5) is 0 Å². The lowest BCUT2D eigenvalue weighted by atomic mass is 10.1. The molecule has 0 aliphatic carbocycles. The summed E-state index contributed by atoms with van der Waals surface area (Å²) < 4.78 is 5.22. The largest absolute Gasteiger partial charge is 0.497 e. The van der Waals surface area contributed by atoms with Gasteiger partial charge in [0.2, 0.25) is 0 Å². The number of methoxy groups -OCH3 is 1. The maximum atomic E-state index is 5.55. The number of hydrogen-bond acceptors (Lipinski definition) is 4. The lowest BCUT2D eigenvalue weighted by Gasteiger charge is -2.07. The standard InChI is InChI=1S/C14H17N3O/c1-10-8-13(17-14(16-10)6-7-15)11-4-3-5-12(9-11)18-2/h3-5,8-9H,6-7,15H2,1-2H3. The third-order valence-corrected chi connectivity index (χ3v) is 2.63. The summed E-state index contributed by atoms with van der Waals surface area (Å²) in [5.74, 6) is 1.61. The molecule has 0 aliphatic heterocycles. The molecule has 1 aromatic heterocycles. The van der Waals surface area contributed by atoms with Gasteiger partial charge in [0.15, 0.2) is 0 Å². The summed E-state index contributed by atoms with van der Waals surface area (Å²) in [6, 6.07) is 9.81. The Morgan fingerprint density at radius 3 is 2.78 bits per heavy atom. The van der Waals surface area contributed by atoms with Gasteiger partial charge in [-0.1, -0.05) is 12.1 Å². The minimum absolute atomic E-state index is 0.557. The van der Waals surface area contributed by atoms with Crippen molar-refractivity contribution in [2.75, 3.05) is 13.7 Å². The van der Waals surface area contributed by atoms with E-state index in [0.29, 0.717) is 13.0 Å². The third kappa shape index (κ3) is 2.84. The Labute approximate surface area is 107 Å². The van der Waals surface area contributed by atoms with E-state index in [0.717, 1.165) is 28.5 Å². The summed E-state index contributed by atoms with van der Waals surface area (Å²) in [6.45, 7) is 2.52.